The molecule has 0 radical (unpaired) electrons. The lowest BCUT2D eigenvalue weighted by Gasteiger charge is -2.22. The smallest absolute Gasteiger partial charge is 0.250 e. The van der Waals surface area contributed by atoms with E-state index in [4.69, 9.17) is 34.7 Å². The summed E-state index contributed by atoms with van der Waals surface area (Å²) in [6.07, 6.45) is 0. The molecule has 0 aliphatic rings. The highest BCUT2D eigenvalue weighted by molar-refractivity contribution is 7.16. The maximum Gasteiger partial charge on any atom is 0.250 e. The maximum atomic E-state index is 11.6. The molecule has 7 heteroatoms. The molecular weight excluding hydrogens is 317 g/mol. The van der Waals surface area contributed by atoms with Gasteiger partial charge in [0.05, 0.1) is 27.2 Å². The second kappa shape index (κ2) is 5.91. The van der Waals surface area contributed by atoms with Gasteiger partial charge in [0.15, 0.2) is 0 Å². The van der Waals surface area contributed by atoms with E-state index >= 15 is 0 Å². The van der Waals surface area contributed by atoms with Gasteiger partial charge in [-0.15, -0.1) is 11.3 Å². The average Bonchev–Trinajstić information content (AvgIpc) is 2.73. The van der Waals surface area contributed by atoms with Crippen LogP contribution in [-0.4, -0.2) is 13.0 Å². The maximum absolute atomic E-state index is 11.6. The third-order valence-corrected chi connectivity index (χ3v) is 4.26. The Bertz CT molecular complexity index is 657. The summed E-state index contributed by atoms with van der Waals surface area (Å²) in [6.45, 7) is 0.571. The highest BCUT2D eigenvalue weighted by Gasteiger charge is 2.17. The van der Waals surface area contributed by atoms with Gasteiger partial charge in [0.25, 0.3) is 5.91 Å². The zero-order valence-corrected chi connectivity index (χ0v) is 13.0. The first-order chi connectivity index (χ1) is 9.38. The molecule has 1 aromatic carbocycles. The van der Waals surface area contributed by atoms with Crippen LogP contribution in [0.15, 0.2) is 24.3 Å². The first-order valence-corrected chi connectivity index (χ1v) is 7.30. The van der Waals surface area contributed by atoms with Crippen LogP contribution in [0.4, 0.5) is 11.4 Å². The fourth-order valence-corrected chi connectivity index (χ4v) is 3.46. The van der Waals surface area contributed by atoms with Gasteiger partial charge in [0.1, 0.15) is 0 Å². The Morgan fingerprint density at radius 1 is 1.35 bits per heavy atom. The lowest BCUT2D eigenvalue weighted by molar-refractivity contribution is 0.100. The fraction of sp³-hybridized carbons (Fsp3) is 0.154. The lowest BCUT2D eigenvalue weighted by Crippen LogP contribution is -2.22. The van der Waals surface area contributed by atoms with Gasteiger partial charge in [0.2, 0.25) is 0 Å². The number of carbonyl (C=O) groups excluding carboxylic acids is 1. The number of hydrogen-bond acceptors (Lipinski definition) is 4. The Labute approximate surface area is 130 Å². The van der Waals surface area contributed by atoms with Crippen molar-refractivity contribution < 1.29 is 4.79 Å². The number of halogens is 2. The molecule has 106 valence electrons. The predicted molar refractivity (Wildman–Crippen MR) is 85.8 cm³/mol. The van der Waals surface area contributed by atoms with Gasteiger partial charge >= 0.3 is 0 Å². The van der Waals surface area contributed by atoms with Crippen LogP contribution >= 0.6 is 34.5 Å². The summed E-state index contributed by atoms with van der Waals surface area (Å²) in [5.41, 5.74) is 12.4. The summed E-state index contributed by atoms with van der Waals surface area (Å²) in [6, 6.07) is 6.89. The zero-order chi connectivity index (χ0) is 14.9. The number of primary amides is 1. The second-order valence-electron chi connectivity index (χ2n) is 4.33. The van der Waals surface area contributed by atoms with E-state index < -0.39 is 5.91 Å². The minimum atomic E-state index is -0.565. The molecule has 2 rings (SSSR count). The van der Waals surface area contributed by atoms with Crippen molar-refractivity contribution >= 4 is 51.8 Å². The molecule has 0 saturated carbocycles. The summed E-state index contributed by atoms with van der Waals surface area (Å²) in [5.74, 6) is -0.565. The molecule has 0 aliphatic heterocycles. The number of amides is 1. The Balaban J connectivity index is 2.38. The normalized spacial score (nSPS) is 10.6. The summed E-state index contributed by atoms with van der Waals surface area (Å²) in [5, 5.41) is 0.393. The lowest BCUT2D eigenvalue weighted by atomic mass is 10.1. The van der Waals surface area contributed by atoms with Crippen LogP contribution in [0.2, 0.25) is 9.36 Å². The fourth-order valence-electron chi connectivity index (χ4n) is 1.95. The molecule has 4 N–H and O–H groups in total. The van der Waals surface area contributed by atoms with Crippen LogP contribution < -0.4 is 16.4 Å². The predicted octanol–water partition coefficient (Wildman–Crippen LogP) is 3.37. The molecule has 1 aromatic heterocycles. The minimum Gasteiger partial charge on any atom is -0.399 e. The highest BCUT2D eigenvalue weighted by Crippen LogP contribution is 2.33. The van der Waals surface area contributed by atoms with E-state index in [1.807, 2.05) is 24.1 Å². The van der Waals surface area contributed by atoms with E-state index in [0.717, 1.165) is 4.88 Å². The molecule has 1 heterocycles. The van der Waals surface area contributed by atoms with Crippen LogP contribution in [0.1, 0.15) is 15.2 Å². The number of thiophene rings is 1. The number of anilines is 2. The number of nitrogen functional groups attached to an aromatic ring is 1. The van der Waals surface area contributed by atoms with Crippen LogP contribution in [0.5, 0.6) is 0 Å². The molecule has 0 bridgehead atoms. The Morgan fingerprint density at radius 3 is 2.60 bits per heavy atom. The topological polar surface area (TPSA) is 72.3 Å². The van der Waals surface area contributed by atoms with Crippen molar-refractivity contribution in [2.24, 2.45) is 5.73 Å². The van der Waals surface area contributed by atoms with E-state index in [0.29, 0.717) is 32.8 Å². The van der Waals surface area contributed by atoms with Crippen molar-refractivity contribution in [1.82, 2.24) is 0 Å². The summed E-state index contributed by atoms with van der Waals surface area (Å²) < 4.78 is 0.715. The quantitative estimate of drug-likeness (QED) is 0.844. The van der Waals surface area contributed by atoms with Crippen molar-refractivity contribution in [3.05, 3.63) is 44.1 Å². The van der Waals surface area contributed by atoms with Gasteiger partial charge in [-0.3, -0.25) is 4.79 Å². The second-order valence-corrected chi connectivity index (χ2v) is 6.53. The molecule has 4 nitrogen and oxygen atoms in total. The van der Waals surface area contributed by atoms with Crippen LogP contribution in [0.25, 0.3) is 0 Å². The molecule has 0 aliphatic carbocycles. The van der Waals surface area contributed by atoms with Crippen molar-refractivity contribution in [3.8, 4) is 0 Å². The Kier molecular flexibility index (Phi) is 4.42. The standard InChI is InChI=1S/C13H13Cl2N3OS/c1-18(6-8-2-3-11(15)20-8)12-9(13(17)19)4-7(16)5-10(12)14/h2-5H,6,16H2,1H3,(H2,17,19). The summed E-state index contributed by atoms with van der Waals surface area (Å²) in [7, 11) is 1.83. The van der Waals surface area contributed by atoms with Crippen molar-refractivity contribution in [3.63, 3.8) is 0 Å². The number of benzene rings is 1. The van der Waals surface area contributed by atoms with Crippen LogP contribution in [0.3, 0.4) is 0 Å². The van der Waals surface area contributed by atoms with Crippen molar-refractivity contribution in [2.45, 2.75) is 6.54 Å². The molecule has 20 heavy (non-hydrogen) atoms. The van der Waals surface area contributed by atoms with Gasteiger partial charge in [0, 0.05) is 17.6 Å². The Hall–Kier alpha value is -1.43. The molecule has 2 aromatic rings. The molecule has 0 spiro atoms. The van der Waals surface area contributed by atoms with E-state index in [1.165, 1.54) is 17.4 Å². The van der Waals surface area contributed by atoms with Gasteiger partial charge in [-0.05, 0) is 24.3 Å². The average molecular weight is 330 g/mol. The number of carbonyl (C=O) groups is 1. The van der Waals surface area contributed by atoms with Gasteiger partial charge < -0.3 is 16.4 Å². The van der Waals surface area contributed by atoms with E-state index in [-0.39, 0.29) is 0 Å². The molecule has 1 amide bonds. The first kappa shape index (κ1) is 15.0. The summed E-state index contributed by atoms with van der Waals surface area (Å²) >= 11 is 13.6. The van der Waals surface area contributed by atoms with Crippen LogP contribution in [-0.2, 0) is 6.54 Å². The van der Waals surface area contributed by atoms with Crippen molar-refractivity contribution in [1.29, 1.82) is 0 Å². The van der Waals surface area contributed by atoms with E-state index in [9.17, 15) is 4.79 Å². The summed E-state index contributed by atoms with van der Waals surface area (Å²) in [4.78, 5) is 14.5. The van der Waals surface area contributed by atoms with Gasteiger partial charge in [-0.25, -0.2) is 0 Å². The monoisotopic (exact) mass is 329 g/mol. The molecule has 0 unspecified atom stereocenters. The Morgan fingerprint density at radius 2 is 2.05 bits per heavy atom. The molecule has 0 atom stereocenters. The number of nitrogens with two attached hydrogens (primary N) is 2. The van der Waals surface area contributed by atoms with Crippen molar-refractivity contribution in [2.75, 3.05) is 17.7 Å². The third-order valence-electron chi connectivity index (χ3n) is 2.75. The highest BCUT2D eigenvalue weighted by atomic mass is 35.5. The first-order valence-electron chi connectivity index (χ1n) is 5.72. The third kappa shape index (κ3) is 3.17. The van der Waals surface area contributed by atoms with Gasteiger partial charge in [-0.1, -0.05) is 23.2 Å². The largest absolute Gasteiger partial charge is 0.399 e. The van der Waals surface area contributed by atoms with E-state index in [2.05, 4.69) is 0 Å². The minimum absolute atomic E-state index is 0.306. The zero-order valence-electron chi connectivity index (χ0n) is 10.7. The molecule has 0 fully saturated rings. The molecule has 0 saturated heterocycles. The number of nitrogens with zero attached hydrogens (tertiary/aromatic N) is 1. The SMILES string of the molecule is CN(Cc1ccc(Cl)s1)c1c(Cl)cc(N)cc1C(N)=O. The van der Waals surface area contributed by atoms with E-state index in [1.54, 1.807) is 6.07 Å². The van der Waals surface area contributed by atoms with Gasteiger partial charge in [-0.2, -0.15) is 0 Å². The molecular formula is C13H13Cl2N3OS. The number of hydrogen-bond donors (Lipinski definition) is 2. The number of rotatable bonds is 4. The van der Waals surface area contributed by atoms with Crippen LogP contribution in [0, 0.1) is 0 Å².